The molecule has 3 heteroatoms. The molecular formula is C13H23NOS. The van der Waals surface area contributed by atoms with Crippen LogP contribution in [0.5, 0.6) is 0 Å². The molecule has 1 rings (SSSR count). The summed E-state index contributed by atoms with van der Waals surface area (Å²) in [6.45, 7) is 5.44. The monoisotopic (exact) mass is 241 g/mol. The minimum atomic E-state index is -0.0833. The van der Waals surface area contributed by atoms with E-state index in [0.29, 0.717) is 0 Å². The lowest BCUT2D eigenvalue weighted by Gasteiger charge is -2.32. The summed E-state index contributed by atoms with van der Waals surface area (Å²) in [5.41, 5.74) is -0.0833. The van der Waals surface area contributed by atoms with Crippen molar-refractivity contribution in [3.05, 3.63) is 22.4 Å². The van der Waals surface area contributed by atoms with E-state index in [2.05, 4.69) is 36.7 Å². The predicted octanol–water partition coefficient (Wildman–Crippen LogP) is 3.17. The van der Waals surface area contributed by atoms with Crippen LogP contribution in [0.2, 0.25) is 0 Å². The summed E-state index contributed by atoms with van der Waals surface area (Å²) in [6, 6.07) is 4.20. The van der Waals surface area contributed by atoms with Crippen LogP contribution in [-0.4, -0.2) is 17.3 Å². The maximum Gasteiger partial charge on any atom is 0.0613 e. The number of unbranched alkanes of at least 4 members (excludes halogenated alkanes) is 1. The summed E-state index contributed by atoms with van der Waals surface area (Å²) in [5, 5.41) is 15.2. The van der Waals surface area contributed by atoms with Crippen LogP contribution in [0.4, 0.5) is 0 Å². The molecule has 16 heavy (non-hydrogen) atoms. The lowest BCUT2D eigenvalue weighted by molar-refractivity contribution is 0.142. The first-order valence-electron chi connectivity index (χ1n) is 6.14. The second-order valence-electron chi connectivity index (χ2n) is 4.33. The number of aliphatic hydroxyl groups excluding tert-OH is 1. The molecule has 0 aliphatic rings. The largest absolute Gasteiger partial charge is 0.394 e. The van der Waals surface area contributed by atoms with Gasteiger partial charge in [0.2, 0.25) is 0 Å². The van der Waals surface area contributed by atoms with E-state index in [1.165, 1.54) is 17.7 Å². The molecule has 1 aromatic rings. The molecule has 92 valence electrons. The number of aliphatic hydroxyl groups is 1. The second-order valence-corrected chi connectivity index (χ2v) is 5.36. The smallest absolute Gasteiger partial charge is 0.0613 e. The molecule has 1 atom stereocenters. The van der Waals surface area contributed by atoms with E-state index in [0.717, 1.165) is 19.4 Å². The summed E-state index contributed by atoms with van der Waals surface area (Å²) in [5.74, 6) is 0. The molecule has 2 nitrogen and oxygen atoms in total. The lowest BCUT2D eigenvalue weighted by atomic mass is 9.90. The van der Waals surface area contributed by atoms with Crippen molar-refractivity contribution in [3.8, 4) is 0 Å². The zero-order chi connectivity index (χ0) is 11.9. The van der Waals surface area contributed by atoms with Crippen LogP contribution < -0.4 is 5.32 Å². The summed E-state index contributed by atoms with van der Waals surface area (Å²) in [6.07, 6.45) is 4.39. The van der Waals surface area contributed by atoms with Crippen molar-refractivity contribution in [1.82, 2.24) is 5.32 Å². The highest BCUT2D eigenvalue weighted by Gasteiger charge is 2.25. The molecule has 0 aliphatic heterocycles. The zero-order valence-electron chi connectivity index (χ0n) is 10.3. The van der Waals surface area contributed by atoms with Crippen LogP contribution in [0.1, 0.15) is 44.4 Å². The highest BCUT2D eigenvalue weighted by Crippen LogP contribution is 2.20. The normalized spacial score (nSPS) is 14.9. The Morgan fingerprint density at radius 2 is 2.25 bits per heavy atom. The van der Waals surface area contributed by atoms with Gasteiger partial charge in [-0.25, -0.2) is 0 Å². The van der Waals surface area contributed by atoms with Crippen molar-refractivity contribution < 1.29 is 5.11 Å². The molecule has 1 aromatic heterocycles. The molecule has 0 saturated heterocycles. The molecule has 0 fully saturated rings. The molecule has 0 spiro atoms. The highest BCUT2D eigenvalue weighted by atomic mass is 32.1. The molecule has 2 N–H and O–H groups in total. The Hall–Kier alpha value is -0.380. The van der Waals surface area contributed by atoms with Gasteiger partial charge in [-0.15, -0.1) is 11.3 Å². The van der Waals surface area contributed by atoms with Crippen LogP contribution >= 0.6 is 11.3 Å². The topological polar surface area (TPSA) is 32.3 Å². The fraction of sp³-hybridized carbons (Fsp3) is 0.692. The molecule has 0 amide bonds. The quantitative estimate of drug-likeness (QED) is 0.732. The molecule has 0 saturated carbocycles. The van der Waals surface area contributed by atoms with Gasteiger partial charge in [-0.05, 0) is 24.3 Å². The minimum Gasteiger partial charge on any atom is -0.394 e. The average Bonchev–Trinajstić information content (AvgIpc) is 2.83. The Morgan fingerprint density at radius 1 is 1.44 bits per heavy atom. The number of hydrogen-bond acceptors (Lipinski definition) is 3. The SMILES string of the molecule is CCCCC(CC)(CO)NCc1cccs1. The molecule has 1 unspecified atom stereocenters. The fourth-order valence-electron chi connectivity index (χ4n) is 1.84. The lowest BCUT2D eigenvalue weighted by Crippen LogP contribution is -2.47. The Balaban J connectivity index is 2.49. The highest BCUT2D eigenvalue weighted by molar-refractivity contribution is 7.09. The molecule has 0 bridgehead atoms. The van der Waals surface area contributed by atoms with E-state index in [-0.39, 0.29) is 12.1 Å². The van der Waals surface area contributed by atoms with Crippen molar-refractivity contribution in [2.24, 2.45) is 0 Å². The third-order valence-corrected chi connectivity index (χ3v) is 4.08. The maximum absolute atomic E-state index is 9.57. The molecule has 0 aromatic carbocycles. The van der Waals surface area contributed by atoms with Gasteiger partial charge < -0.3 is 10.4 Å². The fourth-order valence-corrected chi connectivity index (χ4v) is 2.48. The summed E-state index contributed by atoms with van der Waals surface area (Å²) < 4.78 is 0. The van der Waals surface area contributed by atoms with Crippen LogP contribution in [0, 0.1) is 0 Å². The van der Waals surface area contributed by atoms with E-state index >= 15 is 0 Å². The Morgan fingerprint density at radius 3 is 2.75 bits per heavy atom. The van der Waals surface area contributed by atoms with E-state index in [1.807, 2.05) is 0 Å². The number of nitrogens with one attached hydrogen (secondary N) is 1. The van der Waals surface area contributed by atoms with Crippen LogP contribution in [-0.2, 0) is 6.54 Å². The third-order valence-electron chi connectivity index (χ3n) is 3.21. The van der Waals surface area contributed by atoms with Crippen molar-refractivity contribution in [2.75, 3.05) is 6.61 Å². The van der Waals surface area contributed by atoms with Crippen LogP contribution in [0.15, 0.2) is 17.5 Å². The van der Waals surface area contributed by atoms with Gasteiger partial charge in [-0.2, -0.15) is 0 Å². The van der Waals surface area contributed by atoms with Gasteiger partial charge in [0.1, 0.15) is 0 Å². The van der Waals surface area contributed by atoms with Crippen molar-refractivity contribution in [2.45, 2.75) is 51.6 Å². The van der Waals surface area contributed by atoms with Gasteiger partial charge in [0.25, 0.3) is 0 Å². The van der Waals surface area contributed by atoms with Crippen molar-refractivity contribution in [1.29, 1.82) is 0 Å². The molecule has 1 heterocycles. The van der Waals surface area contributed by atoms with E-state index in [1.54, 1.807) is 11.3 Å². The molecule has 0 aliphatic carbocycles. The number of thiophene rings is 1. The average molecular weight is 241 g/mol. The van der Waals surface area contributed by atoms with Crippen molar-refractivity contribution >= 4 is 11.3 Å². The van der Waals surface area contributed by atoms with Crippen molar-refractivity contribution in [3.63, 3.8) is 0 Å². The minimum absolute atomic E-state index is 0.0833. The maximum atomic E-state index is 9.57. The first-order chi connectivity index (χ1) is 7.76. The first-order valence-corrected chi connectivity index (χ1v) is 7.02. The number of hydrogen-bond donors (Lipinski definition) is 2. The standard InChI is InChI=1S/C13H23NOS/c1-3-5-8-13(4-2,11-15)14-10-12-7-6-9-16-12/h6-7,9,14-15H,3-5,8,10-11H2,1-2H3. The predicted molar refractivity (Wildman–Crippen MR) is 70.8 cm³/mol. The first kappa shape index (κ1) is 13.7. The van der Waals surface area contributed by atoms with Gasteiger partial charge >= 0.3 is 0 Å². The second kappa shape index (κ2) is 7.05. The van der Waals surface area contributed by atoms with Gasteiger partial charge in [0.15, 0.2) is 0 Å². The van der Waals surface area contributed by atoms with Crippen LogP contribution in [0.25, 0.3) is 0 Å². The molecule has 0 radical (unpaired) electrons. The Labute approximate surface area is 103 Å². The van der Waals surface area contributed by atoms with Crippen LogP contribution in [0.3, 0.4) is 0 Å². The number of rotatable bonds is 8. The van der Waals surface area contributed by atoms with E-state index in [4.69, 9.17) is 0 Å². The zero-order valence-corrected chi connectivity index (χ0v) is 11.1. The Bertz CT molecular complexity index is 267. The van der Waals surface area contributed by atoms with Gasteiger partial charge in [-0.1, -0.05) is 32.8 Å². The molecular weight excluding hydrogens is 218 g/mol. The summed E-state index contributed by atoms with van der Waals surface area (Å²) in [4.78, 5) is 1.34. The summed E-state index contributed by atoms with van der Waals surface area (Å²) in [7, 11) is 0. The van der Waals surface area contributed by atoms with Gasteiger partial charge in [0.05, 0.1) is 6.61 Å². The van der Waals surface area contributed by atoms with E-state index < -0.39 is 0 Å². The van der Waals surface area contributed by atoms with E-state index in [9.17, 15) is 5.11 Å². The van der Waals surface area contributed by atoms with Gasteiger partial charge in [-0.3, -0.25) is 0 Å². The summed E-state index contributed by atoms with van der Waals surface area (Å²) >= 11 is 1.76. The Kier molecular flexibility index (Phi) is 6.03. The third kappa shape index (κ3) is 3.89. The van der Waals surface area contributed by atoms with Gasteiger partial charge in [0, 0.05) is 17.0 Å².